The molecule has 0 saturated carbocycles. The SMILES string of the molecule is COc1nc2c(-c3cc4c([nH]3)CCNC4=O)ccnc2cc1C. The van der Waals surface area contributed by atoms with Crippen LogP contribution >= 0.6 is 0 Å². The van der Waals surface area contributed by atoms with Gasteiger partial charge in [-0.3, -0.25) is 9.78 Å². The Balaban J connectivity index is 1.94. The van der Waals surface area contributed by atoms with E-state index >= 15 is 0 Å². The molecular formula is C17H16N4O2. The highest BCUT2D eigenvalue weighted by molar-refractivity contribution is 5.99. The van der Waals surface area contributed by atoms with Crippen LogP contribution in [0.2, 0.25) is 0 Å². The normalized spacial score (nSPS) is 13.7. The fourth-order valence-corrected chi connectivity index (χ4v) is 3.01. The summed E-state index contributed by atoms with van der Waals surface area (Å²) >= 11 is 0. The standard InChI is InChI=1S/C17H16N4O2/c1-9-7-14-15(21-17(9)23-2)10(3-5-18-14)13-8-11-12(20-13)4-6-19-16(11)22/h3,5,7-8,20H,4,6H2,1-2H3,(H,19,22). The molecule has 0 atom stereocenters. The van der Waals surface area contributed by atoms with Crippen molar-refractivity contribution in [3.05, 3.63) is 41.2 Å². The average molecular weight is 308 g/mol. The van der Waals surface area contributed by atoms with Gasteiger partial charge in [0, 0.05) is 41.7 Å². The van der Waals surface area contributed by atoms with Crippen molar-refractivity contribution in [2.45, 2.75) is 13.3 Å². The minimum absolute atomic E-state index is 0.0338. The Hall–Kier alpha value is -2.89. The number of hydrogen-bond donors (Lipinski definition) is 2. The number of methoxy groups -OCH3 is 1. The average Bonchev–Trinajstić information content (AvgIpc) is 2.99. The number of hydrogen-bond acceptors (Lipinski definition) is 4. The summed E-state index contributed by atoms with van der Waals surface area (Å²) in [4.78, 5) is 24.3. The molecule has 0 fully saturated rings. The van der Waals surface area contributed by atoms with Crippen LogP contribution in [0.25, 0.3) is 22.3 Å². The van der Waals surface area contributed by atoms with E-state index < -0.39 is 0 Å². The summed E-state index contributed by atoms with van der Waals surface area (Å²) in [5.74, 6) is 0.550. The molecule has 3 aromatic heterocycles. The predicted octanol–water partition coefficient (Wildman–Crippen LogP) is 2.23. The Labute approximate surface area is 132 Å². The van der Waals surface area contributed by atoms with Crippen molar-refractivity contribution in [2.75, 3.05) is 13.7 Å². The van der Waals surface area contributed by atoms with Gasteiger partial charge in [0.2, 0.25) is 5.88 Å². The van der Waals surface area contributed by atoms with Crippen LogP contribution in [0.4, 0.5) is 0 Å². The van der Waals surface area contributed by atoms with Gasteiger partial charge in [-0.1, -0.05) is 0 Å². The monoisotopic (exact) mass is 308 g/mol. The number of amides is 1. The molecule has 0 unspecified atom stereocenters. The highest BCUT2D eigenvalue weighted by atomic mass is 16.5. The molecule has 0 aliphatic carbocycles. The zero-order chi connectivity index (χ0) is 16.0. The lowest BCUT2D eigenvalue weighted by atomic mass is 10.1. The van der Waals surface area contributed by atoms with E-state index in [4.69, 9.17) is 4.74 Å². The second kappa shape index (κ2) is 5.08. The van der Waals surface area contributed by atoms with Crippen LogP contribution in [0.5, 0.6) is 5.88 Å². The smallest absolute Gasteiger partial charge is 0.253 e. The lowest BCUT2D eigenvalue weighted by Gasteiger charge is -2.11. The molecule has 116 valence electrons. The Morgan fingerprint density at radius 3 is 2.91 bits per heavy atom. The second-order valence-electron chi connectivity index (χ2n) is 5.62. The Morgan fingerprint density at radius 2 is 2.13 bits per heavy atom. The van der Waals surface area contributed by atoms with Crippen LogP contribution in [-0.4, -0.2) is 34.5 Å². The van der Waals surface area contributed by atoms with Crippen molar-refractivity contribution < 1.29 is 9.53 Å². The van der Waals surface area contributed by atoms with E-state index in [1.165, 1.54) is 0 Å². The van der Waals surface area contributed by atoms with Crippen molar-refractivity contribution in [3.8, 4) is 17.1 Å². The largest absolute Gasteiger partial charge is 0.481 e. The third-order valence-corrected chi connectivity index (χ3v) is 4.14. The van der Waals surface area contributed by atoms with Gasteiger partial charge in [-0.05, 0) is 25.1 Å². The highest BCUT2D eigenvalue weighted by Crippen LogP contribution is 2.30. The first-order valence-electron chi connectivity index (χ1n) is 7.48. The molecule has 0 saturated heterocycles. The molecule has 0 radical (unpaired) electrons. The van der Waals surface area contributed by atoms with Crippen LogP contribution in [0.1, 0.15) is 21.6 Å². The van der Waals surface area contributed by atoms with Crippen LogP contribution < -0.4 is 10.1 Å². The number of pyridine rings is 2. The summed E-state index contributed by atoms with van der Waals surface area (Å²) in [7, 11) is 1.61. The van der Waals surface area contributed by atoms with E-state index in [-0.39, 0.29) is 5.91 Å². The molecule has 1 aliphatic rings. The van der Waals surface area contributed by atoms with Gasteiger partial charge in [0.15, 0.2) is 0 Å². The van der Waals surface area contributed by atoms with Crippen molar-refractivity contribution >= 4 is 16.9 Å². The number of nitrogens with zero attached hydrogens (tertiary/aromatic N) is 2. The van der Waals surface area contributed by atoms with E-state index in [1.807, 2.05) is 25.1 Å². The maximum atomic E-state index is 12.0. The summed E-state index contributed by atoms with van der Waals surface area (Å²) in [5.41, 5.74) is 5.96. The lowest BCUT2D eigenvalue weighted by Crippen LogP contribution is -2.31. The number of nitrogens with one attached hydrogen (secondary N) is 2. The molecule has 3 aromatic rings. The third kappa shape index (κ3) is 2.14. The molecule has 23 heavy (non-hydrogen) atoms. The maximum absolute atomic E-state index is 12.0. The molecule has 0 aromatic carbocycles. The maximum Gasteiger partial charge on any atom is 0.253 e. The molecule has 6 nitrogen and oxygen atoms in total. The quantitative estimate of drug-likeness (QED) is 0.761. The zero-order valence-corrected chi connectivity index (χ0v) is 12.9. The Morgan fingerprint density at radius 1 is 1.26 bits per heavy atom. The molecule has 0 bridgehead atoms. The Bertz CT molecular complexity index is 930. The number of aryl methyl sites for hydroxylation is 1. The number of carbonyl (C=O) groups is 1. The number of aromatic nitrogens is 3. The summed E-state index contributed by atoms with van der Waals surface area (Å²) in [5, 5.41) is 2.86. The molecule has 1 amide bonds. The highest BCUT2D eigenvalue weighted by Gasteiger charge is 2.21. The predicted molar refractivity (Wildman–Crippen MR) is 86.7 cm³/mol. The number of carbonyl (C=O) groups excluding carboxylic acids is 1. The first-order valence-corrected chi connectivity index (χ1v) is 7.48. The van der Waals surface area contributed by atoms with Crippen LogP contribution in [0.15, 0.2) is 24.4 Å². The van der Waals surface area contributed by atoms with Gasteiger partial charge in [-0.25, -0.2) is 4.98 Å². The summed E-state index contributed by atoms with van der Waals surface area (Å²) in [6.07, 6.45) is 2.56. The van der Waals surface area contributed by atoms with Crippen molar-refractivity contribution in [3.63, 3.8) is 0 Å². The number of fused-ring (bicyclic) bond motifs is 2. The van der Waals surface area contributed by atoms with Crippen molar-refractivity contribution in [1.82, 2.24) is 20.3 Å². The Kier molecular flexibility index (Phi) is 3.04. The van der Waals surface area contributed by atoms with E-state index in [0.717, 1.165) is 40.0 Å². The number of H-pyrrole nitrogens is 1. The number of rotatable bonds is 2. The van der Waals surface area contributed by atoms with E-state index in [1.54, 1.807) is 13.3 Å². The lowest BCUT2D eigenvalue weighted by molar-refractivity contribution is 0.0946. The van der Waals surface area contributed by atoms with Crippen molar-refractivity contribution in [2.24, 2.45) is 0 Å². The summed E-state index contributed by atoms with van der Waals surface area (Å²) < 4.78 is 5.33. The molecule has 4 heterocycles. The minimum Gasteiger partial charge on any atom is -0.481 e. The van der Waals surface area contributed by atoms with Gasteiger partial charge in [-0.15, -0.1) is 0 Å². The number of ether oxygens (including phenoxy) is 1. The number of aromatic amines is 1. The van der Waals surface area contributed by atoms with Gasteiger partial charge in [0.25, 0.3) is 5.91 Å². The first kappa shape index (κ1) is 13.8. The molecule has 0 spiro atoms. The summed E-state index contributed by atoms with van der Waals surface area (Å²) in [6, 6.07) is 5.74. The van der Waals surface area contributed by atoms with Gasteiger partial charge in [0.05, 0.1) is 18.2 Å². The van der Waals surface area contributed by atoms with E-state index in [0.29, 0.717) is 18.0 Å². The zero-order valence-electron chi connectivity index (χ0n) is 12.9. The van der Waals surface area contributed by atoms with Crippen molar-refractivity contribution in [1.29, 1.82) is 0 Å². The van der Waals surface area contributed by atoms with E-state index in [9.17, 15) is 4.79 Å². The molecule has 2 N–H and O–H groups in total. The van der Waals surface area contributed by atoms with Gasteiger partial charge in [0.1, 0.15) is 5.52 Å². The molecule has 6 heteroatoms. The van der Waals surface area contributed by atoms with Gasteiger partial charge >= 0.3 is 0 Å². The van der Waals surface area contributed by atoms with Crippen LogP contribution in [-0.2, 0) is 6.42 Å². The molecular weight excluding hydrogens is 292 g/mol. The van der Waals surface area contributed by atoms with Gasteiger partial charge in [-0.2, -0.15) is 0 Å². The molecule has 1 aliphatic heterocycles. The summed E-state index contributed by atoms with van der Waals surface area (Å²) in [6.45, 7) is 2.60. The first-order chi connectivity index (χ1) is 11.2. The third-order valence-electron chi connectivity index (χ3n) is 4.14. The van der Waals surface area contributed by atoms with Crippen LogP contribution in [0, 0.1) is 6.92 Å². The fourth-order valence-electron chi connectivity index (χ4n) is 3.01. The van der Waals surface area contributed by atoms with E-state index in [2.05, 4.69) is 20.3 Å². The van der Waals surface area contributed by atoms with Crippen LogP contribution in [0.3, 0.4) is 0 Å². The molecule has 4 rings (SSSR count). The second-order valence-corrected chi connectivity index (χ2v) is 5.62. The van der Waals surface area contributed by atoms with Gasteiger partial charge < -0.3 is 15.0 Å². The minimum atomic E-state index is -0.0338. The topological polar surface area (TPSA) is 79.9 Å². The fraction of sp³-hybridized carbons (Fsp3) is 0.235.